The van der Waals surface area contributed by atoms with Gasteiger partial charge in [0.2, 0.25) is 0 Å². The minimum atomic E-state index is -0.0614. The average molecular weight is 490 g/mol. The van der Waals surface area contributed by atoms with Gasteiger partial charge in [-0.3, -0.25) is 9.69 Å². The second kappa shape index (κ2) is 11.4. The lowest BCUT2D eigenvalue weighted by Crippen LogP contribution is -2.27. The molecule has 0 saturated carbocycles. The molecule has 6 heteroatoms. The lowest BCUT2D eigenvalue weighted by atomic mass is 10.1. The highest BCUT2D eigenvalue weighted by molar-refractivity contribution is 8.26. The molecule has 0 N–H and O–H groups in total. The summed E-state index contributed by atoms with van der Waals surface area (Å²) < 4.78 is 12.3. The Morgan fingerprint density at radius 2 is 1.59 bits per heavy atom. The van der Waals surface area contributed by atoms with E-state index in [-0.39, 0.29) is 5.91 Å². The maximum absolute atomic E-state index is 12.9. The molecule has 1 amide bonds. The number of benzene rings is 3. The van der Waals surface area contributed by atoms with E-state index in [1.165, 1.54) is 22.9 Å². The Kier molecular flexibility index (Phi) is 8.03. The Bertz CT molecular complexity index is 1190. The predicted octanol–water partition coefficient (Wildman–Crippen LogP) is 6.55. The molecule has 4 nitrogen and oxygen atoms in total. The molecule has 0 aliphatic carbocycles. The monoisotopic (exact) mass is 489 g/mol. The van der Waals surface area contributed by atoms with Gasteiger partial charge in [0.1, 0.15) is 15.8 Å². The first-order valence-electron chi connectivity index (χ1n) is 11.2. The van der Waals surface area contributed by atoms with Crippen molar-refractivity contribution in [2.24, 2.45) is 0 Å². The van der Waals surface area contributed by atoms with E-state index < -0.39 is 0 Å². The quantitative estimate of drug-likeness (QED) is 0.194. The molecule has 1 aliphatic heterocycles. The summed E-state index contributed by atoms with van der Waals surface area (Å²) in [5, 5.41) is 0. The Balaban J connectivity index is 1.30. The number of nitrogens with zero attached hydrogens (tertiary/aromatic N) is 1. The van der Waals surface area contributed by atoms with Crippen LogP contribution in [0.4, 0.5) is 0 Å². The molecule has 1 saturated heterocycles. The normalized spacial score (nSPS) is 14.6. The summed E-state index contributed by atoms with van der Waals surface area (Å²) in [7, 11) is 0. The lowest BCUT2D eigenvalue weighted by Gasteiger charge is -2.14. The highest BCUT2D eigenvalue weighted by atomic mass is 32.2. The fourth-order valence-corrected chi connectivity index (χ4v) is 4.96. The first-order valence-corrected chi connectivity index (χ1v) is 12.4. The summed E-state index contributed by atoms with van der Waals surface area (Å²) >= 11 is 6.80. The Morgan fingerprint density at radius 3 is 2.32 bits per heavy atom. The van der Waals surface area contributed by atoms with Crippen LogP contribution in [-0.2, 0) is 11.3 Å². The smallest absolute Gasteiger partial charge is 0.266 e. The third-order valence-electron chi connectivity index (χ3n) is 5.23. The number of hydrogen-bond donors (Lipinski definition) is 0. The van der Waals surface area contributed by atoms with Crippen molar-refractivity contribution in [3.05, 3.63) is 100.0 Å². The minimum absolute atomic E-state index is 0.0614. The second-order valence-corrected chi connectivity index (χ2v) is 9.88. The zero-order chi connectivity index (χ0) is 23.9. The number of carbonyl (C=O) groups excluding carboxylic acids is 1. The molecule has 0 aromatic heterocycles. The molecule has 0 bridgehead atoms. The molecule has 3 aromatic carbocycles. The van der Waals surface area contributed by atoms with Gasteiger partial charge >= 0.3 is 0 Å². The van der Waals surface area contributed by atoms with Gasteiger partial charge in [0.15, 0.2) is 0 Å². The van der Waals surface area contributed by atoms with E-state index in [9.17, 15) is 4.79 Å². The Labute approximate surface area is 210 Å². The van der Waals surface area contributed by atoms with Crippen molar-refractivity contribution in [1.82, 2.24) is 4.90 Å². The number of carbonyl (C=O) groups is 1. The van der Waals surface area contributed by atoms with Crippen LogP contribution in [0.2, 0.25) is 0 Å². The number of aryl methyl sites for hydroxylation is 2. The van der Waals surface area contributed by atoms with Gasteiger partial charge in [-0.15, -0.1) is 0 Å². The highest BCUT2D eigenvalue weighted by Crippen LogP contribution is 2.34. The van der Waals surface area contributed by atoms with E-state index in [2.05, 4.69) is 19.9 Å². The van der Waals surface area contributed by atoms with Crippen molar-refractivity contribution in [3.63, 3.8) is 0 Å². The van der Waals surface area contributed by atoms with Crippen LogP contribution in [0.15, 0.2) is 77.7 Å². The van der Waals surface area contributed by atoms with E-state index in [1.54, 1.807) is 4.90 Å². The average Bonchev–Trinajstić information content (AvgIpc) is 3.06. The predicted molar refractivity (Wildman–Crippen MR) is 143 cm³/mol. The number of ether oxygens (including phenoxy) is 2. The van der Waals surface area contributed by atoms with Gasteiger partial charge in [-0.25, -0.2) is 0 Å². The van der Waals surface area contributed by atoms with Gasteiger partial charge in [0, 0.05) is 6.42 Å². The van der Waals surface area contributed by atoms with Crippen molar-refractivity contribution >= 4 is 40.3 Å². The van der Waals surface area contributed by atoms with Gasteiger partial charge in [0.05, 0.1) is 24.7 Å². The van der Waals surface area contributed by atoms with Crippen molar-refractivity contribution < 1.29 is 14.3 Å². The SMILES string of the molecule is Cc1cc(C)cc(OCCCOc2cccc(/C=C3\SC(=S)N(Cc4ccccc4)C3=O)c2)c1. The molecule has 0 unspecified atom stereocenters. The molecule has 1 heterocycles. The van der Waals surface area contributed by atoms with Gasteiger partial charge in [0.25, 0.3) is 5.91 Å². The van der Waals surface area contributed by atoms with Crippen molar-refractivity contribution in [2.45, 2.75) is 26.8 Å². The zero-order valence-corrected chi connectivity index (χ0v) is 21.0. The molecule has 34 heavy (non-hydrogen) atoms. The van der Waals surface area contributed by atoms with Gasteiger partial charge in [-0.1, -0.05) is 72.5 Å². The van der Waals surface area contributed by atoms with Gasteiger partial charge in [-0.05, 0) is 66.4 Å². The Hall–Kier alpha value is -3.09. The molecule has 174 valence electrons. The summed E-state index contributed by atoms with van der Waals surface area (Å²) in [5.41, 5.74) is 4.35. The van der Waals surface area contributed by atoms with Crippen LogP contribution in [0, 0.1) is 13.8 Å². The first kappa shape index (κ1) is 24.0. The fraction of sp³-hybridized carbons (Fsp3) is 0.214. The molecular weight excluding hydrogens is 462 g/mol. The van der Waals surface area contributed by atoms with Gasteiger partial charge < -0.3 is 9.47 Å². The molecule has 0 radical (unpaired) electrons. The van der Waals surface area contributed by atoms with Crippen LogP contribution in [-0.4, -0.2) is 28.3 Å². The van der Waals surface area contributed by atoms with Crippen molar-refractivity contribution in [3.8, 4) is 11.5 Å². The summed E-state index contributed by atoms with van der Waals surface area (Å²) in [6.07, 6.45) is 2.65. The molecule has 1 aliphatic rings. The Morgan fingerprint density at radius 1 is 0.882 bits per heavy atom. The highest BCUT2D eigenvalue weighted by Gasteiger charge is 2.31. The van der Waals surface area contributed by atoms with Crippen LogP contribution in [0.1, 0.15) is 28.7 Å². The number of thioether (sulfide) groups is 1. The van der Waals surface area contributed by atoms with E-state index in [4.69, 9.17) is 21.7 Å². The summed E-state index contributed by atoms with van der Waals surface area (Å²) in [6.45, 7) is 5.75. The maximum atomic E-state index is 12.9. The molecule has 4 rings (SSSR count). The van der Waals surface area contributed by atoms with E-state index in [1.807, 2.05) is 72.8 Å². The summed E-state index contributed by atoms with van der Waals surface area (Å²) in [5.74, 6) is 1.60. The molecule has 1 fully saturated rings. The van der Waals surface area contributed by atoms with Crippen molar-refractivity contribution in [1.29, 1.82) is 0 Å². The fourth-order valence-electron chi connectivity index (χ4n) is 3.70. The first-order chi connectivity index (χ1) is 16.5. The zero-order valence-electron chi connectivity index (χ0n) is 19.3. The third kappa shape index (κ3) is 6.49. The molecular formula is C28H27NO3S2. The van der Waals surface area contributed by atoms with E-state index >= 15 is 0 Å². The van der Waals surface area contributed by atoms with Crippen LogP contribution >= 0.6 is 24.0 Å². The number of rotatable bonds is 9. The van der Waals surface area contributed by atoms with Crippen LogP contribution in [0.25, 0.3) is 6.08 Å². The maximum Gasteiger partial charge on any atom is 0.266 e. The molecule has 3 aromatic rings. The van der Waals surface area contributed by atoms with Gasteiger partial charge in [-0.2, -0.15) is 0 Å². The number of amides is 1. The largest absolute Gasteiger partial charge is 0.493 e. The van der Waals surface area contributed by atoms with Crippen LogP contribution in [0.5, 0.6) is 11.5 Å². The van der Waals surface area contributed by atoms with E-state index in [0.717, 1.165) is 29.0 Å². The second-order valence-electron chi connectivity index (χ2n) is 8.20. The van der Waals surface area contributed by atoms with Crippen LogP contribution in [0.3, 0.4) is 0 Å². The number of hydrogen-bond acceptors (Lipinski definition) is 5. The summed E-state index contributed by atoms with van der Waals surface area (Å²) in [6, 6.07) is 23.8. The van der Waals surface area contributed by atoms with Crippen molar-refractivity contribution in [2.75, 3.05) is 13.2 Å². The molecule has 0 spiro atoms. The summed E-state index contributed by atoms with van der Waals surface area (Å²) in [4.78, 5) is 15.2. The standard InChI is InChI=1S/C28H27NO3S2/c1-20-14-21(2)16-25(15-20)32-13-7-12-31-24-11-6-10-23(17-24)18-26-27(30)29(28(33)34-26)19-22-8-4-3-5-9-22/h3-6,8-11,14-18H,7,12-13,19H2,1-2H3/b26-18-. The topological polar surface area (TPSA) is 38.8 Å². The van der Waals surface area contributed by atoms with E-state index in [0.29, 0.717) is 29.0 Å². The van der Waals surface area contributed by atoms with Crippen LogP contribution < -0.4 is 9.47 Å². The number of thiocarbonyl (C=S) groups is 1. The lowest BCUT2D eigenvalue weighted by molar-refractivity contribution is -0.122. The minimum Gasteiger partial charge on any atom is -0.493 e. The third-order valence-corrected chi connectivity index (χ3v) is 6.61. The molecule has 0 atom stereocenters.